The lowest BCUT2D eigenvalue weighted by molar-refractivity contribution is -0.385. The van der Waals surface area contributed by atoms with Crippen LogP contribution < -0.4 is 14.8 Å². The Kier molecular flexibility index (Phi) is 5.06. The molecular weight excluding hydrogens is 336 g/mol. The average Bonchev–Trinajstić information content (AvgIpc) is 2.67. The largest absolute Gasteiger partial charge is 0.493 e. The lowest BCUT2D eigenvalue weighted by atomic mass is 9.87. The molecule has 1 aliphatic rings. The van der Waals surface area contributed by atoms with Gasteiger partial charge < -0.3 is 14.8 Å². The second kappa shape index (κ2) is 7.43. The highest BCUT2D eigenvalue weighted by molar-refractivity contribution is 5.99. The van der Waals surface area contributed by atoms with Crippen LogP contribution in [0.5, 0.6) is 11.5 Å². The number of hydrogen-bond donors (Lipinski definition) is 1. The molecule has 0 aliphatic heterocycles. The van der Waals surface area contributed by atoms with E-state index in [-0.39, 0.29) is 28.8 Å². The lowest BCUT2D eigenvalue weighted by Gasteiger charge is -2.26. The van der Waals surface area contributed by atoms with Gasteiger partial charge in [-0.15, -0.1) is 0 Å². The van der Waals surface area contributed by atoms with Crippen molar-refractivity contribution in [3.63, 3.8) is 0 Å². The van der Waals surface area contributed by atoms with E-state index in [1.165, 1.54) is 31.9 Å². The fraction of sp³-hybridized carbons (Fsp3) is 0.316. The number of rotatable bonds is 5. The maximum absolute atomic E-state index is 12.8. The van der Waals surface area contributed by atoms with Crippen LogP contribution in [-0.4, -0.2) is 25.1 Å². The smallest absolute Gasteiger partial charge is 0.286 e. The number of methoxy groups -OCH3 is 2. The molecule has 0 unspecified atom stereocenters. The van der Waals surface area contributed by atoms with Crippen molar-refractivity contribution in [3.8, 4) is 11.5 Å². The Balaban J connectivity index is 1.94. The van der Waals surface area contributed by atoms with E-state index in [0.717, 1.165) is 24.8 Å². The molecule has 7 nitrogen and oxygen atoms in total. The van der Waals surface area contributed by atoms with Crippen LogP contribution in [0.15, 0.2) is 36.4 Å². The van der Waals surface area contributed by atoms with Gasteiger partial charge in [-0.05, 0) is 30.4 Å². The summed E-state index contributed by atoms with van der Waals surface area (Å²) in [6.45, 7) is 0. The predicted molar refractivity (Wildman–Crippen MR) is 95.8 cm³/mol. The second-order valence-electron chi connectivity index (χ2n) is 6.10. The summed E-state index contributed by atoms with van der Waals surface area (Å²) in [6, 6.07) is 10.3. The number of ether oxygens (including phenoxy) is 2. The Labute approximate surface area is 151 Å². The molecule has 0 saturated carbocycles. The molecule has 2 aromatic rings. The summed E-state index contributed by atoms with van der Waals surface area (Å²) in [5.74, 6) is -0.0228. The van der Waals surface area contributed by atoms with Crippen LogP contribution in [0.2, 0.25) is 0 Å². The Hall–Kier alpha value is -3.09. The maximum Gasteiger partial charge on any atom is 0.286 e. The molecular formula is C19H20N2O5. The van der Waals surface area contributed by atoms with E-state index in [2.05, 4.69) is 5.32 Å². The van der Waals surface area contributed by atoms with Gasteiger partial charge in [0.05, 0.1) is 31.3 Å². The Morgan fingerprint density at radius 1 is 1.19 bits per heavy atom. The predicted octanol–water partition coefficient (Wildman–Crippen LogP) is 3.42. The lowest BCUT2D eigenvalue weighted by Crippen LogP contribution is -2.31. The Bertz CT molecular complexity index is 850. The number of nitrogens with zero attached hydrogens (tertiary/aromatic N) is 1. The van der Waals surface area contributed by atoms with E-state index in [1.54, 1.807) is 0 Å². The quantitative estimate of drug-likeness (QED) is 0.655. The fourth-order valence-corrected chi connectivity index (χ4v) is 3.34. The molecule has 0 bridgehead atoms. The van der Waals surface area contributed by atoms with Gasteiger partial charge in [0, 0.05) is 6.07 Å². The van der Waals surface area contributed by atoms with E-state index >= 15 is 0 Å². The van der Waals surface area contributed by atoms with E-state index in [1.807, 2.05) is 24.3 Å². The normalized spacial score (nSPS) is 15.7. The van der Waals surface area contributed by atoms with Crippen molar-refractivity contribution in [3.05, 3.63) is 63.2 Å². The minimum absolute atomic E-state index is 0.0456. The summed E-state index contributed by atoms with van der Waals surface area (Å²) in [5, 5.41) is 14.3. The molecule has 136 valence electrons. The minimum atomic E-state index is -0.592. The third-order valence-electron chi connectivity index (χ3n) is 4.62. The SMILES string of the molecule is COc1cc(C(=O)N[C@H]2CCCc3ccccc32)c([N+](=O)[O-])cc1OC. The molecule has 26 heavy (non-hydrogen) atoms. The summed E-state index contributed by atoms with van der Waals surface area (Å²) in [4.78, 5) is 23.6. The highest BCUT2D eigenvalue weighted by Crippen LogP contribution is 2.35. The highest BCUT2D eigenvalue weighted by atomic mass is 16.6. The van der Waals surface area contributed by atoms with E-state index in [4.69, 9.17) is 9.47 Å². The highest BCUT2D eigenvalue weighted by Gasteiger charge is 2.28. The summed E-state index contributed by atoms with van der Waals surface area (Å²) >= 11 is 0. The number of carbonyl (C=O) groups excluding carboxylic acids is 1. The van der Waals surface area contributed by atoms with Crippen molar-refractivity contribution in [1.29, 1.82) is 0 Å². The molecule has 0 saturated heterocycles. The first-order valence-electron chi connectivity index (χ1n) is 8.34. The van der Waals surface area contributed by atoms with Gasteiger partial charge >= 0.3 is 0 Å². The van der Waals surface area contributed by atoms with Crippen LogP contribution in [0.25, 0.3) is 0 Å². The zero-order valence-corrected chi connectivity index (χ0v) is 14.7. The third kappa shape index (κ3) is 3.33. The van der Waals surface area contributed by atoms with Crippen LogP contribution in [-0.2, 0) is 6.42 Å². The number of fused-ring (bicyclic) bond motifs is 1. The molecule has 2 aromatic carbocycles. The van der Waals surface area contributed by atoms with Gasteiger partial charge in [0.15, 0.2) is 11.5 Å². The molecule has 1 N–H and O–H groups in total. The molecule has 1 atom stereocenters. The zero-order chi connectivity index (χ0) is 18.7. The van der Waals surface area contributed by atoms with Crippen molar-refractivity contribution >= 4 is 11.6 Å². The van der Waals surface area contributed by atoms with Crippen LogP contribution in [0, 0.1) is 10.1 Å². The Morgan fingerprint density at radius 3 is 2.58 bits per heavy atom. The topological polar surface area (TPSA) is 90.7 Å². The number of nitro groups is 1. The first-order chi connectivity index (χ1) is 12.5. The molecule has 1 aliphatic carbocycles. The van der Waals surface area contributed by atoms with E-state index < -0.39 is 10.8 Å². The maximum atomic E-state index is 12.8. The van der Waals surface area contributed by atoms with E-state index in [9.17, 15) is 14.9 Å². The molecule has 7 heteroatoms. The first kappa shape index (κ1) is 17.7. The summed E-state index contributed by atoms with van der Waals surface area (Å²) in [6.07, 6.45) is 2.72. The minimum Gasteiger partial charge on any atom is -0.493 e. The van der Waals surface area contributed by atoms with Gasteiger partial charge in [-0.2, -0.15) is 0 Å². The van der Waals surface area contributed by atoms with Crippen molar-refractivity contribution in [2.75, 3.05) is 14.2 Å². The van der Waals surface area contributed by atoms with E-state index in [0.29, 0.717) is 0 Å². The van der Waals surface area contributed by atoms with Gasteiger partial charge in [-0.1, -0.05) is 24.3 Å². The fourth-order valence-electron chi connectivity index (χ4n) is 3.34. The molecule has 0 aromatic heterocycles. The van der Waals surface area contributed by atoms with Gasteiger partial charge in [0.2, 0.25) is 0 Å². The number of amides is 1. The van der Waals surface area contributed by atoms with Crippen LogP contribution >= 0.6 is 0 Å². The van der Waals surface area contributed by atoms with Gasteiger partial charge in [0.25, 0.3) is 11.6 Å². The molecule has 0 spiro atoms. The number of aryl methyl sites for hydroxylation is 1. The monoisotopic (exact) mass is 356 g/mol. The average molecular weight is 356 g/mol. The second-order valence-corrected chi connectivity index (χ2v) is 6.10. The number of carbonyl (C=O) groups is 1. The number of nitro benzene ring substituents is 1. The van der Waals surface area contributed by atoms with Crippen molar-refractivity contribution in [2.45, 2.75) is 25.3 Å². The Morgan fingerprint density at radius 2 is 1.88 bits per heavy atom. The standard InChI is InChI=1S/C19H20N2O5/c1-25-17-10-14(16(21(23)24)11-18(17)26-2)19(22)20-15-9-5-7-12-6-3-4-8-13(12)15/h3-4,6,8,10-11,15H,5,7,9H2,1-2H3,(H,20,22)/t15-/m0/s1. The zero-order valence-electron chi connectivity index (χ0n) is 14.7. The third-order valence-corrected chi connectivity index (χ3v) is 4.62. The number of nitrogens with one attached hydrogen (secondary N) is 1. The number of benzene rings is 2. The molecule has 3 rings (SSSR count). The van der Waals surface area contributed by atoms with Crippen LogP contribution in [0.3, 0.4) is 0 Å². The molecule has 0 heterocycles. The van der Waals surface area contributed by atoms with Crippen molar-refractivity contribution < 1.29 is 19.2 Å². The van der Waals surface area contributed by atoms with Crippen molar-refractivity contribution in [2.24, 2.45) is 0 Å². The van der Waals surface area contributed by atoms with Gasteiger partial charge in [-0.3, -0.25) is 14.9 Å². The van der Waals surface area contributed by atoms with Crippen molar-refractivity contribution in [1.82, 2.24) is 5.32 Å². The van der Waals surface area contributed by atoms with Gasteiger partial charge in [-0.25, -0.2) is 0 Å². The molecule has 0 fully saturated rings. The summed E-state index contributed by atoms with van der Waals surface area (Å²) in [5.41, 5.74) is 1.90. The number of hydrogen-bond acceptors (Lipinski definition) is 5. The van der Waals surface area contributed by atoms with Crippen LogP contribution in [0.4, 0.5) is 5.69 Å². The molecule has 0 radical (unpaired) electrons. The van der Waals surface area contributed by atoms with Crippen LogP contribution in [0.1, 0.15) is 40.4 Å². The summed E-state index contributed by atoms with van der Waals surface area (Å²) < 4.78 is 10.3. The first-order valence-corrected chi connectivity index (χ1v) is 8.34. The molecule has 1 amide bonds. The van der Waals surface area contributed by atoms with Gasteiger partial charge in [0.1, 0.15) is 5.56 Å². The summed E-state index contributed by atoms with van der Waals surface area (Å²) in [7, 11) is 2.81.